The van der Waals surface area contributed by atoms with Crippen molar-refractivity contribution in [2.24, 2.45) is 0 Å². The number of benzene rings is 6. The van der Waals surface area contributed by atoms with Gasteiger partial charge in [0.25, 0.3) is 0 Å². The third-order valence-corrected chi connectivity index (χ3v) is 7.84. The van der Waals surface area contributed by atoms with Crippen molar-refractivity contribution in [3.63, 3.8) is 0 Å². The molecule has 0 aliphatic carbocycles. The molecule has 0 atom stereocenters. The fourth-order valence-corrected chi connectivity index (χ4v) is 5.86. The molecule has 0 amide bonds. The molecule has 0 aliphatic rings. The molecule has 202 valence electrons. The Bertz CT molecular complexity index is 2240. The van der Waals surface area contributed by atoms with E-state index in [0.29, 0.717) is 11.5 Å². The molecule has 0 bridgehead atoms. The second-order valence-corrected chi connectivity index (χ2v) is 10.3. The molecule has 42 heavy (non-hydrogen) atoms. The van der Waals surface area contributed by atoms with Gasteiger partial charge in [-0.1, -0.05) is 91.0 Å². The first-order valence-electron chi connectivity index (χ1n) is 13.5. The number of fused-ring (bicyclic) bond motifs is 7. The summed E-state index contributed by atoms with van der Waals surface area (Å²) < 4.78 is 48.4. The van der Waals surface area contributed by atoms with E-state index >= 15 is 0 Å². The van der Waals surface area contributed by atoms with Crippen molar-refractivity contribution in [1.29, 1.82) is 0 Å². The summed E-state index contributed by atoms with van der Waals surface area (Å²) in [6.45, 7) is 0. The number of halogens is 3. The number of nitrogens with zero attached hydrogens (tertiary/aromatic N) is 2. The standard InChI is InChI=1S/C36H21F3N2O/c37-36(38,39)25-17-19-26(20-18-25)41-34-30-11-5-3-9-28(30)27-8-2-4-10-29(27)33(34)40-35(41)23-15-13-22(14-16-23)32-21-24-7-1-6-12-31(24)42-32/h1-21H. The summed E-state index contributed by atoms with van der Waals surface area (Å²) in [5.41, 5.74) is 4.12. The summed E-state index contributed by atoms with van der Waals surface area (Å²) in [4.78, 5) is 5.16. The van der Waals surface area contributed by atoms with Crippen LogP contribution in [-0.2, 0) is 6.18 Å². The number of furan rings is 1. The summed E-state index contributed by atoms with van der Waals surface area (Å²) in [5, 5.41) is 5.12. The molecule has 2 heterocycles. The molecule has 0 spiro atoms. The molecule has 0 unspecified atom stereocenters. The Hall–Kier alpha value is -5.36. The van der Waals surface area contributed by atoms with E-state index in [1.165, 1.54) is 12.1 Å². The van der Waals surface area contributed by atoms with Crippen LogP contribution in [0.3, 0.4) is 0 Å². The SMILES string of the molecule is FC(F)(F)c1ccc(-n2c(-c3ccc(-c4cc5ccccc5o4)cc3)nc3c4ccccc4c4ccccc4c32)cc1. The lowest BCUT2D eigenvalue weighted by Gasteiger charge is -2.14. The number of imidazole rings is 1. The summed E-state index contributed by atoms with van der Waals surface area (Å²) >= 11 is 0. The van der Waals surface area contributed by atoms with Gasteiger partial charge in [0.15, 0.2) is 0 Å². The zero-order valence-electron chi connectivity index (χ0n) is 22.1. The fourth-order valence-electron chi connectivity index (χ4n) is 5.86. The number of para-hydroxylation sites is 1. The lowest BCUT2D eigenvalue weighted by molar-refractivity contribution is -0.137. The largest absolute Gasteiger partial charge is 0.456 e. The molecule has 8 aromatic rings. The van der Waals surface area contributed by atoms with Crippen molar-refractivity contribution < 1.29 is 17.6 Å². The van der Waals surface area contributed by atoms with Crippen molar-refractivity contribution in [2.75, 3.05) is 0 Å². The third-order valence-electron chi connectivity index (χ3n) is 7.84. The average molecular weight is 555 g/mol. The van der Waals surface area contributed by atoms with Gasteiger partial charge in [-0.05, 0) is 47.2 Å². The minimum atomic E-state index is -4.42. The van der Waals surface area contributed by atoms with E-state index < -0.39 is 11.7 Å². The van der Waals surface area contributed by atoms with Crippen LogP contribution in [-0.4, -0.2) is 9.55 Å². The van der Waals surface area contributed by atoms with Crippen LogP contribution < -0.4 is 0 Å². The van der Waals surface area contributed by atoms with Gasteiger partial charge in [-0.3, -0.25) is 4.57 Å². The van der Waals surface area contributed by atoms with Gasteiger partial charge in [-0.25, -0.2) is 4.98 Å². The van der Waals surface area contributed by atoms with Gasteiger partial charge in [0.05, 0.1) is 16.6 Å². The van der Waals surface area contributed by atoms with Gasteiger partial charge in [0, 0.05) is 33.0 Å². The van der Waals surface area contributed by atoms with Gasteiger partial charge in [0.2, 0.25) is 0 Å². The van der Waals surface area contributed by atoms with Crippen molar-refractivity contribution in [3.05, 3.63) is 133 Å². The molecule has 0 fully saturated rings. The first-order valence-corrected chi connectivity index (χ1v) is 13.5. The van der Waals surface area contributed by atoms with E-state index in [1.807, 2.05) is 95.6 Å². The highest BCUT2D eigenvalue weighted by Crippen LogP contribution is 2.40. The number of hydrogen-bond donors (Lipinski definition) is 0. The number of hydrogen-bond acceptors (Lipinski definition) is 2. The lowest BCUT2D eigenvalue weighted by atomic mass is 10.00. The zero-order chi connectivity index (χ0) is 28.4. The van der Waals surface area contributed by atoms with Gasteiger partial charge in [-0.15, -0.1) is 0 Å². The Morgan fingerprint density at radius 2 is 1.19 bits per heavy atom. The number of rotatable bonds is 3. The Morgan fingerprint density at radius 3 is 1.88 bits per heavy atom. The minimum absolute atomic E-state index is 0.599. The zero-order valence-corrected chi connectivity index (χ0v) is 22.1. The molecule has 6 heteroatoms. The molecule has 0 aliphatic heterocycles. The molecule has 0 saturated heterocycles. The van der Waals surface area contributed by atoms with Gasteiger partial charge in [-0.2, -0.15) is 13.2 Å². The highest BCUT2D eigenvalue weighted by molar-refractivity contribution is 6.24. The second kappa shape index (κ2) is 9.08. The molecule has 8 rings (SSSR count). The maximum atomic E-state index is 13.5. The van der Waals surface area contributed by atoms with Crippen LogP contribution in [0.15, 0.2) is 132 Å². The molecule has 0 saturated carbocycles. The summed E-state index contributed by atoms with van der Waals surface area (Å²) in [6, 6.07) is 39.3. The average Bonchev–Trinajstić information content (AvgIpc) is 3.64. The molecular weight excluding hydrogens is 533 g/mol. The first kappa shape index (κ1) is 24.4. The Labute approximate surface area is 238 Å². The van der Waals surface area contributed by atoms with Crippen LogP contribution in [0.4, 0.5) is 13.2 Å². The predicted molar refractivity (Wildman–Crippen MR) is 162 cm³/mol. The highest BCUT2D eigenvalue weighted by atomic mass is 19.4. The van der Waals surface area contributed by atoms with E-state index in [9.17, 15) is 13.2 Å². The van der Waals surface area contributed by atoms with E-state index in [2.05, 4.69) is 12.1 Å². The van der Waals surface area contributed by atoms with E-state index in [0.717, 1.165) is 72.6 Å². The molecule has 3 nitrogen and oxygen atoms in total. The molecule has 0 N–H and O–H groups in total. The topological polar surface area (TPSA) is 31.0 Å². The monoisotopic (exact) mass is 554 g/mol. The Kier molecular flexibility index (Phi) is 5.28. The summed E-state index contributed by atoms with van der Waals surface area (Å²) in [7, 11) is 0. The highest BCUT2D eigenvalue weighted by Gasteiger charge is 2.30. The fraction of sp³-hybridized carbons (Fsp3) is 0.0278. The normalized spacial score (nSPS) is 12.2. The third kappa shape index (κ3) is 3.79. The smallest absolute Gasteiger partial charge is 0.416 e. The Balaban J connectivity index is 1.39. The lowest BCUT2D eigenvalue weighted by Crippen LogP contribution is -2.05. The second-order valence-electron chi connectivity index (χ2n) is 10.3. The molecule has 6 aromatic carbocycles. The predicted octanol–water partition coefficient (Wildman–Crippen LogP) is 10.4. The Morgan fingerprint density at radius 1 is 0.595 bits per heavy atom. The van der Waals surface area contributed by atoms with Crippen molar-refractivity contribution >= 4 is 43.5 Å². The summed E-state index contributed by atoms with van der Waals surface area (Å²) in [6.07, 6.45) is -4.42. The van der Waals surface area contributed by atoms with Crippen molar-refractivity contribution in [3.8, 4) is 28.4 Å². The van der Waals surface area contributed by atoms with Crippen molar-refractivity contribution in [1.82, 2.24) is 9.55 Å². The van der Waals surface area contributed by atoms with Crippen LogP contribution in [0.5, 0.6) is 0 Å². The summed E-state index contributed by atoms with van der Waals surface area (Å²) in [5.74, 6) is 1.40. The maximum absolute atomic E-state index is 13.5. The maximum Gasteiger partial charge on any atom is 0.416 e. The van der Waals surface area contributed by atoms with Crippen molar-refractivity contribution in [2.45, 2.75) is 6.18 Å². The van der Waals surface area contributed by atoms with Crippen LogP contribution in [0, 0.1) is 0 Å². The molecule has 2 aromatic heterocycles. The number of aromatic nitrogens is 2. The van der Waals surface area contributed by atoms with E-state index in [4.69, 9.17) is 9.40 Å². The first-order chi connectivity index (χ1) is 20.5. The van der Waals surface area contributed by atoms with Crippen LogP contribution in [0.1, 0.15) is 5.56 Å². The van der Waals surface area contributed by atoms with Gasteiger partial charge >= 0.3 is 6.18 Å². The molecule has 0 radical (unpaired) electrons. The van der Waals surface area contributed by atoms with Crippen LogP contribution >= 0.6 is 0 Å². The quantitative estimate of drug-likeness (QED) is 0.203. The number of alkyl halides is 3. The van der Waals surface area contributed by atoms with Gasteiger partial charge in [0.1, 0.15) is 17.2 Å². The van der Waals surface area contributed by atoms with Gasteiger partial charge < -0.3 is 4.42 Å². The van der Waals surface area contributed by atoms with Crippen LogP contribution in [0.25, 0.3) is 71.9 Å². The van der Waals surface area contributed by atoms with Crippen LogP contribution in [0.2, 0.25) is 0 Å². The molecular formula is C36H21F3N2O. The van der Waals surface area contributed by atoms with E-state index in [-0.39, 0.29) is 0 Å². The minimum Gasteiger partial charge on any atom is -0.456 e. The van der Waals surface area contributed by atoms with E-state index in [1.54, 1.807) is 0 Å².